The molecule has 0 aromatic heterocycles. The van der Waals surface area contributed by atoms with E-state index in [0.717, 1.165) is 28.5 Å². The molecule has 3 heteroatoms. The van der Waals surface area contributed by atoms with E-state index in [0.29, 0.717) is 0 Å². The van der Waals surface area contributed by atoms with Gasteiger partial charge in [-0.1, -0.05) is 69.1 Å². The summed E-state index contributed by atoms with van der Waals surface area (Å²) in [5.74, 6) is 0. The minimum atomic E-state index is -0.517. The van der Waals surface area contributed by atoms with Crippen molar-refractivity contribution >= 4 is 56.1 Å². The number of hydrogen-bond donors (Lipinski definition) is 0. The molecule has 0 amide bonds. The Morgan fingerprint density at radius 2 is 0.852 bits per heavy atom. The summed E-state index contributed by atoms with van der Waals surface area (Å²) in [5.41, 5.74) is 1.57. The van der Waals surface area contributed by atoms with Gasteiger partial charge in [0.25, 0.3) is 0 Å². The predicted octanol–water partition coefficient (Wildman–Crippen LogP) is 4.45. The van der Waals surface area contributed by atoms with Crippen LogP contribution in [0.25, 0.3) is 0 Å². The molecule has 140 valence electrons. The van der Waals surface area contributed by atoms with Crippen LogP contribution in [0.3, 0.4) is 0 Å². The average molecular weight is 499 g/mol. The predicted molar refractivity (Wildman–Crippen MR) is 131 cm³/mol. The molecule has 2 radical (unpaired) electrons. The van der Waals surface area contributed by atoms with E-state index >= 15 is 0 Å². The Labute approximate surface area is 179 Å². The van der Waals surface area contributed by atoms with Crippen molar-refractivity contribution in [2.24, 2.45) is 0 Å². The van der Waals surface area contributed by atoms with Crippen molar-refractivity contribution in [1.29, 1.82) is 0 Å². The first-order chi connectivity index (χ1) is 13.0. The van der Waals surface area contributed by atoms with Crippen LogP contribution in [0.4, 0.5) is 0 Å². The first kappa shape index (κ1) is 22.6. The Morgan fingerprint density at radius 1 is 0.519 bits per heavy atom. The summed E-state index contributed by atoms with van der Waals surface area (Å²) in [7, 11) is 1.93. The molecule has 0 fully saturated rings. The molecule has 0 bridgehead atoms. The molecule has 0 nitrogen and oxygen atoms in total. The molecular weight excluding hydrogens is 469 g/mol. The van der Waals surface area contributed by atoms with E-state index in [9.17, 15) is 0 Å². The van der Waals surface area contributed by atoms with E-state index < -0.39 is 21.1 Å². The van der Waals surface area contributed by atoms with Crippen molar-refractivity contribution in [3.63, 3.8) is 0 Å². The van der Waals surface area contributed by atoms with Gasteiger partial charge < -0.3 is 0 Å². The molecule has 2 unspecified atom stereocenters. The van der Waals surface area contributed by atoms with Gasteiger partial charge in [0.15, 0.2) is 0 Å². The SMILES string of the molecule is CC(C)Pc1ccccc1PC(C)C.c1cc[c]([Sn][c]2ccccc2)cc1. The third-order valence-corrected chi connectivity index (χ3v) is 10.1. The second-order valence-corrected chi connectivity index (χ2v) is 15.0. The molecule has 3 aromatic carbocycles. The third kappa shape index (κ3) is 9.38. The maximum absolute atomic E-state index is 2.30. The van der Waals surface area contributed by atoms with Gasteiger partial charge in [-0.3, -0.25) is 0 Å². The zero-order valence-corrected chi connectivity index (χ0v) is 21.6. The van der Waals surface area contributed by atoms with Gasteiger partial charge in [0.1, 0.15) is 0 Å². The molecule has 0 aliphatic rings. The van der Waals surface area contributed by atoms with E-state index in [-0.39, 0.29) is 0 Å². The zero-order chi connectivity index (χ0) is 19.5. The van der Waals surface area contributed by atoms with Crippen molar-refractivity contribution in [3.8, 4) is 0 Å². The van der Waals surface area contributed by atoms with Gasteiger partial charge in [-0.15, -0.1) is 0 Å². The first-order valence-corrected chi connectivity index (χ1v) is 14.5. The molecule has 0 saturated carbocycles. The van der Waals surface area contributed by atoms with Crippen LogP contribution >= 0.6 is 17.2 Å². The molecule has 3 aromatic rings. The average Bonchev–Trinajstić information content (AvgIpc) is 2.65. The summed E-state index contributed by atoms with van der Waals surface area (Å²) >= 11 is -0.517. The molecule has 0 aliphatic carbocycles. The summed E-state index contributed by atoms with van der Waals surface area (Å²) < 4.78 is 3.08. The fraction of sp³-hybridized carbons (Fsp3) is 0.250. The molecule has 0 aliphatic heterocycles. The van der Waals surface area contributed by atoms with Gasteiger partial charge >= 0.3 is 89.0 Å². The van der Waals surface area contributed by atoms with E-state index in [2.05, 4.69) is 113 Å². The van der Waals surface area contributed by atoms with Crippen LogP contribution in [0.2, 0.25) is 0 Å². The molecule has 0 spiro atoms. The van der Waals surface area contributed by atoms with Gasteiger partial charge in [-0.05, 0) is 21.9 Å². The van der Waals surface area contributed by atoms with Gasteiger partial charge in [0.05, 0.1) is 0 Å². The van der Waals surface area contributed by atoms with Crippen LogP contribution in [-0.4, -0.2) is 32.5 Å². The normalized spacial score (nSPS) is 11.5. The van der Waals surface area contributed by atoms with Gasteiger partial charge in [0.2, 0.25) is 0 Å². The molecule has 3 rings (SSSR count). The first-order valence-electron chi connectivity index (χ1n) is 9.54. The summed E-state index contributed by atoms with van der Waals surface area (Å²) in [4.78, 5) is 0. The Kier molecular flexibility index (Phi) is 10.6. The summed E-state index contributed by atoms with van der Waals surface area (Å²) in [6.07, 6.45) is 0. The van der Waals surface area contributed by atoms with Crippen molar-refractivity contribution < 1.29 is 0 Å². The Balaban J connectivity index is 0.000000194. The summed E-state index contributed by atoms with van der Waals surface area (Å²) in [5, 5.41) is 3.16. The fourth-order valence-corrected chi connectivity index (χ4v) is 8.11. The summed E-state index contributed by atoms with van der Waals surface area (Å²) in [6, 6.07) is 30.5. The molecular formula is C24H30P2Sn. The second kappa shape index (κ2) is 12.7. The molecule has 0 saturated heterocycles. The number of benzene rings is 3. The summed E-state index contributed by atoms with van der Waals surface area (Å²) in [6.45, 7) is 9.20. The third-order valence-electron chi connectivity index (χ3n) is 3.65. The standard InChI is InChI=1S/C12H20P2.2C6H5.Sn/c1-9(2)13-11-7-5-6-8-12(11)14-10(3)4;2*1-2-4-6-5-3-1;/h5-10,13-14H,1-4H3;2*1-5H;. The van der Waals surface area contributed by atoms with Crippen LogP contribution in [-0.2, 0) is 0 Å². The second-order valence-electron chi connectivity index (χ2n) is 7.00. The topological polar surface area (TPSA) is 0 Å². The minimum absolute atomic E-state index is 0.517. The molecule has 0 N–H and O–H groups in total. The van der Waals surface area contributed by atoms with Crippen LogP contribution < -0.4 is 17.8 Å². The van der Waals surface area contributed by atoms with E-state index in [4.69, 9.17) is 0 Å². The molecule has 27 heavy (non-hydrogen) atoms. The Bertz CT molecular complexity index is 704. The van der Waals surface area contributed by atoms with Crippen molar-refractivity contribution in [2.75, 3.05) is 0 Å². The van der Waals surface area contributed by atoms with Crippen LogP contribution in [0.1, 0.15) is 27.7 Å². The van der Waals surface area contributed by atoms with Gasteiger partial charge in [-0.25, -0.2) is 0 Å². The number of hydrogen-bond acceptors (Lipinski definition) is 0. The van der Waals surface area contributed by atoms with Gasteiger partial charge in [0, 0.05) is 0 Å². The number of rotatable bonds is 6. The van der Waals surface area contributed by atoms with Crippen molar-refractivity contribution in [1.82, 2.24) is 0 Å². The van der Waals surface area contributed by atoms with Crippen LogP contribution in [0, 0.1) is 0 Å². The van der Waals surface area contributed by atoms with Crippen LogP contribution in [0.5, 0.6) is 0 Å². The van der Waals surface area contributed by atoms with Crippen molar-refractivity contribution in [3.05, 3.63) is 84.9 Å². The van der Waals surface area contributed by atoms with E-state index in [1.54, 1.807) is 10.6 Å². The monoisotopic (exact) mass is 500 g/mol. The van der Waals surface area contributed by atoms with E-state index in [1.165, 1.54) is 7.16 Å². The zero-order valence-electron chi connectivity index (χ0n) is 16.7. The van der Waals surface area contributed by atoms with E-state index in [1.807, 2.05) is 0 Å². The quantitative estimate of drug-likeness (QED) is 0.348. The molecule has 0 heterocycles. The Hall–Kier alpha value is -0.681. The maximum atomic E-state index is 2.30. The van der Waals surface area contributed by atoms with Gasteiger partial charge in [-0.2, -0.15) is 0 Å². The molecule has 2 atom stereocenters. The van der Waals surface area contributed by atoms with Crippen LogP contribution in [0.15, 0.2) is 84.9 Å². The van der Waals surface area contributed by atoms with Crippen molar-refractivity contribution in [2.45, 2.75) is 39.0 Å². The Morgan fingerprint density at radius 3 is 1.19 bits per heavy atom. The fourth-order valence-electron chi connectivity index (χ4n) is 2.57.